The minimum Gasteiger partial charge on any atom is -0.495 e. The molecule has 1 unspecified atom stereocenters. The molecule has 36 heavy (non-hydrogen) atoms. The number of ether oxygens (including phenoxy) is 4. The molecule has 0 saturated carbocycles. The third-order valence-corrected chi connectivity index (χ3v) is 8.34. The number of methoxy groups -OCH3 is 1. The van der Waals surface area contributed by atoms with Gasteiger partial charge in [-0.05, 0) is 100 Å². The summed E-state index contributed by atoms with van der Waals surface area (Å²) in [6.45, 7) is 3.84. The van der Waals surface area contributed by atoms with Gasteiger partial charge < -0.3 is 18.9 Å². The van der Waals surface area contributed by atoms with Crippen LogP contribution in [0.15, 0.2) is 51.4 Å². The Kier molecular flexibility index (Phi) is 7.14. The lowest BCUT2D eigenvalue weighted by atomic mass is 9.95. The van der Waals surface area contributed by atoms with E-state index in [1.54, 1.807) is 37.7 Å². The lowest BCUT2D eigenvalue weighted by molar-refractivity contribution is -0.139. The number of carbonyl (C=O) groups is 1. The number of nitrogens with zero attached hydrogens (tertiary/aromatic N) is 2. The maximum atomic E-state index is 13.8. The average Bonchev–Trinajstić information content (AvgIpc) is 3.42. The van der Waals surface area contributed by atoms with Gasteiger partial charge >= 0.3 is 5.97 Å². The zero-order valence-electron chi connectivity index (χ0n) is 19.5. The molecule has 2 aromatic carbocycles. The van der Waals surface area contributed by atoms with Gasteiger partial charge in [0.15, 0.2) is 16.3 Å². The minimum atomic E-state index is -0.715. The first kappa shape index (κ1) is 25.3. The lowest BCUT2D eigenvalue weighted by Crippen LogP contribution is -2.39. The topological polar surface area (TPSA) is 88.4 Å². The first-order chi connectivity index (χ1) is 17.3. The molecule has 0 amide bonds. The Morgan fingerprint density at radius 3 is 2.64 bits per heavy atom. The third-order valence-electron chi connectivity index (χ3n) is 5.75. The number of fused-ring (bicyclic) bond motifs is 2. The summed E-state index contributed by atoms with van der Waals surface area (Å²) in [6.07, 6.45) is 1.84. The monoisotopic (exact) mass is 730 g/mol. The van der Waals surface area contributed by atoms with Crippen LogP contribution in [0, 0.1) is 7.14 Å². The van der Waals surface area contributed by atoms with Crippen LogP contribution in [0.1, 0.15) is 31.0 Å². The number of aromatic nitrogens is 1. The summed E-state index contributed by atoms with van der Waals surface area (Å²) in [6, 6.07) is 8.63. The van der Waals surface area contributed by atoms with E-state index in [4.69, 9.17) is 18.9 Å². The Hall–Kier alpha value is -2.39. The van der Waals surface area contributed by atoms with Gasteiger partial charge in [-0.3, -0.25) is 9.36 Å². The van der Waals surface area contributed by atoms with Gasteiger partial charge in [0.25, 0.3) is 5.56 Å². The highest BCUT2D eigenvalue weighted by Gasteiger charge is 2.34. The van der Waals surface area contributed by atoms with Gasteiger partial charge in [-0.25, -0.2) is 9.79 Å². The number of benzene rings is 2. The van der Waals surface area contributed by atoms with E-state index in [2.05, 4.69) is 50.2 Å². The number of rotatable bonds is 5. The molecule has 0 bridgehead atoms. The Labute approximate surface area is 237 Å². The summed E-state index contributed by atoms with van der Waals surface area (Å²) >= 11 is 5.72. The highest BCUT2D eigenvalue weighted by Crippen LogP contribution is 2.38. The fourth-order valence-corrected chi connectivity index (χ4v) is 7.50. The molecule has 186 valence electrons. The molecule has 8 nitrogen and oxygen atoms in total. The van der Waals surface area contributed by atoms with E-state index in [-0.39, 0.29) is 19.0 Å². The van der Waals surface area contributed by atoms with Gasteiger partial charge in [0, 0.05) is 0 Å². The fraction of sp³-hybridized carbons (Fsp3) is 0.240. The molecule has 1 aromatic heterocycles. The van der Waals surface area contributed by atoms with Crippen LogP contribution >= 0.6 is 56.5 Å². The Balaban J connectivity index is 1.71. The number of hydrogen-bond donors (Lipinski definition) is 0. The predicted octanol–water partition coefficient (Wildman–Crippen LogP) is 3.74. The van der Waals surface area contributed by atoms with E-state index in [0.717, 1.165) is 18.5 Å². The van der Waals surface area contributed by atoms with Crippen LogP contribution in [0.25, 0.3) is 6.08 Å². The van der Waals surface area contributed by atoms with Crippen molar-refractivity contribution in [1.29, 1.82) is 0 Å². The highest BCUT2D eigenvalue weighted by molar-refractivity contribution is 14.1. The SMILES string of the molecule is CCOC(=O)C1=C(C)N=c2s/c(=C/c3cc(I)c(OC)c(I)c3)c(=O)n2C1c1ccc2c(c1)OCO2. The third kappa shape index (κ3) is 4.45. The number of allylic oxidation sites excluding steroid dienone is 1. The van der Waals surface area contributed by atoms with Crippen LogP contribution in [0.3, 0.4) is 0 Å². The van der Waals surface area contributed by atoms with Crippen LogP contribution < -0.4 is 29.1 Å². The molecular formula is C25H20I2N2O6S. The molecule has 0 radical (unpaired) electrons. The molecule has 1 atom stereocenters. The van der Waals surface area contributed by atoms with Gasteiger partial charge in [-0.1, -0.05) is 17.4 Å². The first-order valence-electron chi connectivity index (χ1n) is 10.9. The Morgan fingerprint density at radius 1 is 1.22 bits per heavy atom. The van der Waals surface area contributed by atoms with Crippen molar-refractivity contribution in [3.63, 3.8) is 0 Å². The highest BCUT2D eigenvalue weighted by atomic mass is 127. The molecule has 0 spiro atoms. The van der Waals surface area contributed by atoms with E-state index in [1.165, 1.54) is 11.3 Å². The molecule has 3 heterocycles. The quantitative estimate of drug-likeness (QED) is 0.294. The van der Waals surface area contributed by atoms with Crippen molar-refractivity contribution in [3.8, 4) is 17.2 Å². The summed E-state index contributed by atoms with van der Waals surface area (Å²) < 4.78 is 25.8. The van der Waals surface area contributed by atoms with Gasteiger partial charge in [0.2, 0.25) is 6.79 Å². The minimum absolute atomic E-state index is 0.126. The van der Waals surface area contributed by atoms with Gasteiger partial charge in [0.1, 0.15) is 5.75 Å². The summed E-state index contributed by atoms with van der Waals surface area (Å²) in [7, 11) is 1.64. The standard InChI is InChI=1S/C25H20I2N2O6S/c1-4-33-24(31)20-12(2)28-25-29(21(20)14-5-6-17-18(10-14)35-11-34-17)23(30)19(36-25)9-13-7-15(26)22(32-3)16(27)8-13/h5-10,21H,4,11H2,1-3H3/b19-9+. The second-order valence-electron chi connectivity index (χ2n) is 7.93. The maximum absolute atomic E-state index is 13.8. The van der Waals surface area contributed by atoms with E-state index in [1.807, 2.05) is 24.3 Å². The molecular weight excluding hydrogens is 710 g/mol. The van der Waals surface area contributed by atoms with E-state index >= 15 is 0 Å². The van der Waals surface area contributed by atoms with E-state index in [9.17, 15) is 9.59 Å². The molecule has 2 aliphatic heterocycles. The second kappa shape index (κ2) is 10.2. The van der Waals surface area contributed by atoms with Crippen molar-refractivity contribution in [2.45, 2.75) is 19.9 Å². The summed E-state index contributed by atoms with van der Waals surface area (Å²) in [5, 5.41) is 0. The molecule has 0 saturated heterocycles. The number of esters is 1. The molecule has 11 heteroatoms. The zero-order valence-corrected chi connectivity index (χ0v) is 24.6. The van der Waals surface area contributed by atoms with Crippen LogP contribution in [0.2, 0.25) is 0 Å². The molecule has 5 rings (SSSR count). The van der Waals surface area contributed by atoms with Crippen molar-refractivity contribution in [2.24, 2.45) is 4.99 Å². The zero-order chi connectivity index (χ0) is 25.6. The predicted molar refractivity (Wildman–Crippen MR) is 151 cm³/mol. The van der Waals surface area contributed by atoms with Crippen LogP contribution in [-0.2, 0) is 9.53 Å². The summed E-state index contributed by atoms with van der Waals surface area (Å²) in [5.41, 5.74) is 2.17. The van der Waals surface area contributed by atoms with Gasteiger partial charge in [-0.15, -0.1) is 0 Å². The lowest BCUT2D eigenvalue weighted by Gasteiger charge is -2.24. The Morgan fingerprint density at radius 2 is 1.94 bits per heavy atom. The largest absolute Gasteiger partial charge is 0.495 e. The average molecular weight is 730 g/mol. The number of hydrogen-bond acceptors (Lipinski definition) is 8. The first-order valence-corrected chi connectivity index (χ1v) is 13.9. The van der Waals surface area contributed by atoms with Crippen LogP contribution in [-0.4, -0.2) is 31.0 Å². The number of halogens is 2. The van der Waals surface area contributed by atoms with Crippen molar-refractivity contribution in [1.82, 2.24) is 4.57 Å². The normalized spacial score (nSPS) is 16.6. The van der Waals surface area contributed by atoms with Crippen molar-refractivity contribution < 1.29 is 23.7 Å². The Bertz CT molecular complexity index is 1580. The number of thiazole rings is 1. The van der Waals surface area contributed by atoms with Crippen LogP contribution in [0.5, 0.6) is 17.2 Å². The smallest absolute Gasteiger partial charge is 0.338 e. The fourth-order valence-electron chi connectivity index (χ4n) is 4.20. The van der Waals surface area contributed by atoms with Gasteiger partial charge in [-0.2, -0.15) is 0 Å². The van der Waals surface area contributed by atoms with E-state index < -0.39 is 12.0 Å². The molecule has 0 N–H and O–H groups in total. The summed E-state index contributed by atoms with van der Waals surface area (Å²) in [4.78, 5) is 32.0. The number of carbonyl (C=O) groups excluding carboxylic acids is 1. The molecule has 0 fully saturated rings. The van der Waals surface area contributed by atoms with E-state index in [0.29, 0.717) is 37.7 Å². The van der Waals surface area contributed by atoms with Gasteiger partial charge in [0.05, 0.1) is 42.7 Å². The van der Waals surface area contributed by atoms with Crippen molar-refractivity contribution in [3.05, 3.63) is 79.6 Å². The molecule has 3 aromatic rings. The molecule has 0 aliphatic carbocycles. The van der Waals surface area contributed by atoms with Crippen LogP contribution in [0.4, 0.5) is 0 Å². The van der Waals surface area contributed by atoms with Crippen molar-refractivity contribution >= 4 is 68.6 Å². The molecule has 2 aliphatic rings. The second-order valence-corrected chi connectivity index (χ2v) is 11.3. The maximum Gasteiger partial charge on any atom is 0.338 e. The van der Waals surface area contributed by atoms with Crippen molar-refractivity contribution in [2.75, 3.05) is 20.5 Å². The summed E-state index contributed by atoms with van der Waals surface area (Å²) in [5.74, 6) is 1.48.